The van der Waals surface area contributed by atoms with Crippen molar-refractivity contribution in [2.45, 2.75) is 57.4 Å². The maximum Gasteiger partial charge on any atom is 0.230 e. The van der Waals surface area contributed by atoms with Crippen LogP contribution in [0.15, 0.2) is 36.5 Å². The Bertz CT molecular complexity index is 921. The molecule has 1 atom stereocenters. The van der Waals surface area contributed by atoms with Gasteiger partial charge >= 0.3 is 0 Å². The first-order valence-electron chi connectivity index (χ1n) is 12.4. The van der Waals surface area contributed by atoms with E-state index in [-0.39, 0.29) is 11.8 Å². The van der Waals surface area contributed by atoms with Crippen molar-refractivity contribution in [2.75, 3.05) is 44.2 Å². The van der Waals surface area contributed by atoms with Crippen molar-refractivity contribution >= 4 is 11.9 Å². The van der Waals surface area contributed by atoms with Gasteiger partial charge in [-0.1, -0.05) is 43.7 Å². The minimum absolute atomic E-state index is 0.0639. The van der Waals surface area contributed by atoms with E-state index in [0.29, 0.717) is 0 Å². The zero-order valence-electron chi connectivity index (χ0n) is 19.2. The lowest BCUT2D eigenvalue weighted by Crippen LogP contribution is -2.52. The van der Waals surface area contributed by atoms with E-state index in [9.17, 15) is 4.79 Å². The van der Waals surface area contributed by atoms with Gasteiger partial charge in [0.05, 0.1) is 11.6 Å². The Kier molecular flexibility index (Phi) is 6.39. The molecule has 6 nitrogen and oxygen atoms in total. The van der Waals surface area contributed by atoms with Crippen molar-refractivity contribution in [3.05, 3.63) is 53.3 Å². The molecular weight excluding hydrogens is 398 g/mol. The third-order valence-corrected chi connectivity index (χ3v) is 7.62. The molecule has 3 aliphatic rings. The topological polar surface area (TPSA) is 52.6 Å². The summed E-state index contributed by atoms with van der Waals surface area (Å²) in [6.07, 6.45) is 8.61. The Balaban J connectivity index is 1.23. The van der Waals surface area contributed by atoms with E-state index in [0.717, 1.165) is 81.8 Å². The first-order chi connectivity index (χ1) is 15.7. The molecule has 0 N–H and O–H groups in total. The van der Waals surface area contributed by atoms with Crippen LogP contribution in [0, 0.1) is 0 Å². The highest BCUT2D eigenvalue weighted by atomic mass is 16.2. The molecule has 2 fully saturated rings. The highest BCUT2D eigenvalue weighted by Gasteiger charge is 2.30. The minimum Gasteiger partial charge on any atom is -0.341 e. The average Bonchev–Trinajstić information content (AvgIpc) is 3.02. The predicted octanol–water partition coefficient (Wildman–Crippen LogP) is 3.27. The number of benzene rings is 1. The molecule has 170 valence electrons. The molecule has 6 heteroatoms. The molecule has 0 spiro atoms. The number of aromatic nitrogens is 2. The molecule has 5 rings (SSSR count). The number of hydrogen-bond acceptors (Lipinski definition) is 5. The standard InChI is InChI=1S/C26H35N5O/c1-2-23(20-7-4-3-5-8-20)25(32)30-13-11-21-19-27-26(28-24(21)12-14-30)31-17-15-29(16-18-31)22-9-6-10-22/h3-5,7-8,19,22-23H,2,6,9-18H2,1H3. The van der Waals surface area contributed by atoms with E-state index in [1.165, 1.54) is 24.8 Å². The molecular formula is C26H35N5O. The summed E-state index contributed by atoms with van der Waals surface area (Å²) in [5.41, 5.74) is 3.44. The van der Waals surface area contributed by atoms with E-state index >= 15 is 0 Å². The minimum atomic E-state index is -0.0639. The van der Waals surface area contributed by atoms with Gasteiger partial charge in [-0.05, 0) is 36.8 Å². The molecule has 2 aliphatic heterocycles. The zero-order chi connectivity index (χ0) is 21.9. The Morgan fingerprint density at radius 2 is 1.78 bits per heavy atom. The second-order valence-electron chi connectivity index (χ2n) is 9.45. The molecule has 32 heavy (non-hydrogen) atoms. The Morgan fingerprint density at radius 1 is 1.03 bits per heavy atom. The molecule has 1 aliphatic carbocycles. The SMILES string of the molecule is CCC(C(=O)N1CCc2cnc(N3CCN(C4CCC4)CC3)nc2CC1)c1ccccc1. The number of anilines is 1. The van der Waals surface area contributed by atoms with Gasteiger partial charge in [0, 0.05) is 57.9 Å². The van der Waals surface area contributed by atoms with Gasteiger partial charge in [0.1, 0.15) is 0 Å². The van der Waals surface area contributed by atoms with Crippen molar-refractivity contribution in [3.63, 3.8) is 0 Å². The summed E-state index contributed by atoms with van der Waals surface area (Å²) in [6.45, 7) is 7.84. The Labute approximate surface area is 191 Å². The van der Waals surface area contributed by atoms with Crippen molar-refractivity contribution < 1.29 is 4.79 Å². The highest BCUT2D eigenvalue weighted by molar-refractivity contribution is 5.83. The van der Waals surface area contributed by atoms with Gasteiger partial charge in [-0.25, -0.2) is 9.97 Å². The number of fused-ring (bicyclic) bond motifs is 1. The summed E-state index contributed by atoms with van der Waals surface area (Å²) < 4.78 is 0. The van der Waals surface area contributed by atoms with Crippen LogP contribution >= 0.6 is 0 Å². The Morgan fingerprint density at radius 3 is 2.47 bits per heavy atom. The Hall–Kier alpha value is -2.47. The van der Waals surface area contributed by atoms with E-state index in [4.69, 9.17) is 9.97 Å². The summed E-state index contributed by atoms with van der Waals surface area (Å²) in [6, 6.07) is 11.0. The molecule has 1 aromatic heterocycles. The molecule has 1 saturated heterocycles. The summed E-state index contributed by atoms with van der Waals surface area (Å²) in [5.74, 6) is 1.05. The van der Waals surface area contributed by atoms with E-state index in [1.54, 1.807) is 0 Å². The first kappa shape index (κ1) is 21.4. The number of piperazine rings is 1. The number of rotatable bonds is 5. The lowest BCUT2D eigenvalue weighted by molar-refractivity contribution is -0.132. The smallest absolute Gasteiger partial charge is 0.230 e. The second kappa shape index (κ2) is 9.57. The number of carbonyl (C=O) groups excluding carboxylic acids is 1. The molecule has 1 unspecified atom stereocenters. The van der Waals surface area contributed by atoms with Crippen LogP contribution in [0.1, 0.15) is 55.3 Å². The van der Waals surface area contributed by atoms with Crippen molar-refractivity contribution in [2.24, 2.45) is 0 Å². The number of nitrogens with zero attached hydrogens (tertiary/aromatic N) is 5. The molecule has 1 amide bonds. The molecule has 0 bridgehead atoms. The third-order valence-electron chi connectivity index (χ3n) is 7.62. The molecule has 2 aromatic rings. The van der Waals surface area contributed by atoms with Gasteiger partial charge in [0.25, 0.3) is 0 Å². The van der Waals surface area contributed by atoms with Gasteiger partial charge in [-0.3, -0.25) is 9.69 Å². The van der Waals surface area contributed by atoms with Gasteiger partial charge in [0.15, 0.2) is 0 Å². The number of amides is 1. The van der Waals surface area contributed by atoms with Crippen LogP contribution < -0.4 is 4.90 Å². The van der Waals surface area contributed by atoms with Crippen LogP contribution in [-0.2, 0) is 17.6 Å². The van der Waals surface area contributed by atoms with Crippen LogP contribution in [0.5, 0.6) is 0 Å². The highest BCUT2D eigenvalue weighted by Crippen LogP contribution is 2.27. The zero-order valence-corrected chi connectivity index (χ0v) is 19.2. The third kappa shape index (κ3) is 4.38. The molecule has 1 aromatic carbocycles. The van der Waals surface area contributed by atoms with Crippen LogP contribution in [0.4, 0.5) is 5.95 Å². The maximum absolute atomic E-state index is 13.3. The summed E-state index contributed by atoms with van der Waals surface area (Å²) in [5, 5.41) is 0. The fraction of sp³-hybridized carbons (Fsp3) is 0.577. The first-order valence-corrected chi connectivity index (χ1v) is 12.4. The fourth-order valence-electron chi connectivity index (χ4n) is 5.34. The van der Waals surface area contributed by atoms with Gasteiger partial charge in [0.2, 0.25) is 11.9 Å². The molecule has 3 heterocycles. The van der Waals surface area contributed by atoms with E-state index in [2.05, 4.69) is 28.9 Å². The summed E-state index contributed by atoms with van der Waals surface area (Å²) in [4.78, 5) is 30.1. The molecule has 0 radical (unpaired) electrons. The summed E-state index contributed by atoms with van der Waals surface area (Å²) >= 11 is 0. The van der Waals surface area contributed by atoms with Crippen molar-refractivity contribution in [3.8, 4) is 0 Å². The quantitative estimate of drug-likeness (QED) is 0.724. The van der Waals surface area contributed by atoms with E-state index in [1.807, 2.05) is 29.3 Å². The predicted molar refractivity (Wildman–Crippen MR) is 127 cm³/mol. The summed E-state index contributed by atoms with van der Waals surface area (Å²) in [7, 11) is 0. The van der Waals surface area contributed by atoms with Crippen molar-refractivity contribution in [1.82, 2.24) is 19.8 Å². The number of carbonyl (C=O) groups is 1. The fourth-order valence-corrected chi connectivity index (χ4v) is 5.34. The van der Waals surface area contributed by atoms with Crippen LogP contribution in [0.25, 0.3) is 0 Å². The second-order valence-corrected chi connectivity index (χ2v) is 9.45. The van der Waals surface area contributed by atoms with Gasteiger partial charge in [-0.2, -0.15) is 0 Å². The molecule has 1 saturated carbocycles. The lowest BCUT2D eigenvalue weighted by atomic mass is 9.91. The average molecular weight is 434 g/mol. The van der Waals surface area contributed by atoms with Crippen LogP contribution in [0.2, 0.25) is 0 Å². The largest absolute Gasteiger partial charge is 0.341 e. The van der Waals surface area contributed by atoms with Gasteiger partial charge in [-0.15, -0.1) is 0 Å². The van der Waals surface area contributed by atoms with Crippen molar-refractivity contribution in [1.29, 1.82) is 0 Å². The van der Waals surface area contributed by atoms with Gasteiger partial charge < -0.3 is 9.80 Å². The lowest BCUT2D eigenvalue weighted by Gasteiger charge is -2.43. The normalized spacial score (nSPS) is 20.9. The number of hydrogen-bond donors (Lipinski definition) is 0. The van der Waals surface area contributed by atoms with Crippen LogP contribution in [0.3, 0.4) is 0 Å². The maximum atomic E-state index is 13.3. The monoisotopic (exact) mass is 433 g/mol. The van der Waals surface area contributed by atoms with E-state index < -0.39 is 0 Å². The van der Waals surface area contributed by atoms with Crippen LogP contribution in [-0.4, -0.2) is 71.0 Å².